The van der Waals surface area contributed by atoms with Crippen molar-refractivity contribution in [3.63, 3.8) is 0 Å². The quantitative estimate of drug-likeness (QED) is 0.234. The topological polar surface area (TPSA) is 140 Å². The van der Waals surface area contributed by atoms with Crippen molar-refractivity contribution in [3.8, 4) is 5.75 Å². The number of anilines is 1. The second-order valence-corrected chi connectivity index (χ2v) is 10.2. The molecule has 0 aliphatic carbocycles. The Kier molecular flexibility index (Phi) is 7.07. The van der Waals surface area contributed by atoms with E-state index in [4.69, 9.17) is 26.6 Å². The van der Waals surface area contributed by atoms with E-state index in [-0.39, 0.29) is 22.5 Å². The molecule has 3 aromatic carbocycles. The van der Waals surface area contributed by atoms with E-state index in [9.17, 15) is 18.4 Å². The molecule has 1 amide bonds. The zero-order valence-electron chi connectivity index (χ0n) is 19.4. The SMILES string of the molecule is COc1ccc(CNC(=O)CN(c2cccc(Cl)c2C)[S+](=O)(O)c2ccc3c(c2)oc(=O)n3N)cc1. The minimum atomic E-state index is -4.04. The van der Waals surface area contributed by atoms with Crippen LogP contribution in [-0.2, 0) is 25.9 Å². The van der Waals surface area contributed by atoms with E-state index in [1.165, 1.54) is 18.2 Å². The average molecular weight is 532 g/mol. The summed E-state index contributed by atoms with van der Waals surface area (Å²) >= 11 is 6.28. The Morgan fingerprint density at radius 1 is 1.22 bits per heavy atom. The molecule has 1 aromatic heterocycles. The molecule has 0 bridgehead atoms. The van der Waals surface area contributed by atoms with Gasteiger partial charge in [-0.15, -0.1) is 0 Å². The molecule has 0 aliphatic rings. The van der Waals surface area contributed by atoms with Gasteiger partial charge in [0.1, 0.15) is 17.8 Å². The van der Waals surface area contributed by atoms with Crippen molar-refractivity contribution < 1.29 is 22.7 Å². The van der Waals surface area contributed by atoms with Crippen molar-refractivity contribution in [2.24, 2.45) is 0 Å². The molecule has 4 aromatic rings. The fourth-order valence-electron chi connectivity index (χ4n) is 3.61. The molecule has 1 unspecified atom stereocenters. The van der Waals surface area contributed by atoms with Crippen LogP contribution in [0.1, 0.15) is 11.1 Å². The number of nitrogen functional groups attached to an aromatic ring is 1. The summed E-state index contributed by atoms with van der Waals surface area (Å²) in [5.74, 6) is 5.02. The Balaban J connectivity index is 1.66. The monoisotopic (exact) mass is 531 g/mol. The van der Waals surface area contributed by atoms with E-state index in [1.807, 2.05) is 0 Å². The molecule has 1 atom stereocenters. The van der Waals surface area contributed by atoms with Gasteiger partial charge in [-0.25, -0.2) is 4.79 Å². The fourth-order valence-corrected chi connectivity index (χ4v) is 5.30. The lowest BCUT2D eigenvalue weighted by atomic mass is 10.2. The summed E-state index contributed by atoms with van der Waals surface area (Å²) in [6.07, 6.45) is 0. The first-order chi connectivity index (χ1) is 17.1. The lowest BCUT2D eigenvalue weighted by Crippen LogP contribution is -2.44. The van der Waals surface area contributed by atoms with Crippen molar-refractivity contribution in [2.45, 2.75) is 18.4 Å². The summed E-state index contributed by atoms with van der Waals surface area (Å²) in [6.45, 7) is 1.44. The molecular formula is C24H24ClN4O6S+. The first kappa shape index (κ1) is 25.3. The van der Waals surface area contributed by atoms with Gasteiger partial charge in [-0.1, -0.05) is 29.8 Å². The summed E-state index contributed by atoms with van der Waals surface area (Å²) in [5, 5.41) is 3.13. The van der Waals surface area contributed by atoms with Crippen molar-refractivity contribution in [3.05, 3.63) is 87.4 Å². The number of nitrogens with zero attached hydrogens (tertiary/aromatic N) is 2. The van der Waals surface area contributed by atoms with Gasteiger partial charge < -0.3 is 20.3 Å². The highest BCUT2D eigenvalue weighted by atomic mass is 35.5. The van der Waals surface area contributed by atoms with Gasteiger partial charge in [-0.2, -0.15) is 13.5 Å². The van der Waals surface area contributed by atoms with Crippen LogP contribution in [0.3, 0.4) is 0 Å². The second-order valence-electron chi connectivity index (χ2n) is 7.91. The summed E-state index contributed by atoms with van der Waals surface area (Å²) in [4.78, 5) is 24.6. The number of amides is 1. The van der Waals surface area contributed by atoms with Crippen molar-refractivity contribution in [2.75, 3.05) is 23.8 Å². The van der Waals surface area contributed by atoms with E-state index in [2.05, 4.69) is 5.32 Å². The third-order valence-corrected chi connectivity index (χ3v) is 7.84. The molecular weight excluding hydrogens is 508 g/mol. The molecule has 0 aliphatic heterocycles. The number of rotatable bonds is 8. The number of carbonyl (C=O) groups excluding carboxylic acids is 1. The van der Waals surface area contributed by atoms with Crippen LogP contribution in [0.5, 0.6) is 5.75 Å². The number of benzene rings is 3. The summed E-state index contributed by atoms with van der Waals surface area (Å²) in [6, 6.07) is 16.0. The molecule has 188 valence electrons. The minimum absolute atomic E-state index is 0.0356. The van der Waals surface area contributed by atoms with Crippen LogP contribution in [-0.4, -0.2) is 28.8 Å². The number of nitrogens with two attached hydrogens (primary N) is 1. The maximum absolute atomic E-state index is 13.9. The first-order valence-corrected chi connectivity index (χ1v) is 12.6. The summed E-state index contributed by atoms with van der Waals surface area (Å²) < 4.78 is 37.2. The van der Waals surface area contributed by atoms with E-state index < -0.39 is 28.6 Å². The zero-order valence-corrected chi connectivity index (χ0v) is 21.0. The van der Waals surface area contributed by atoms with Crippen LogP contribution in [0.4, 0.5) is 5.69 Å². The maximum atomic E-state index is 13.9. The van der Waals surface area contributed by atoms with Gasteiger partial charge in [-0.05, 0) is 52.6 Å². The van der Waals surface area contributed by atoms with Gasteiger partial charge in [0.05, 0.1) is 12.8 Å². The van der Waals surface area contributed by atoms with Gasteiger partial charge in [0.15, 0.2) is 5.58 Å². The van der Waals surface area contributed by atoms with Crippen molar-refractivity contribution in [1.29, 1.82) is 0 Å². The number of hydrogen-bond acceptors (Lipinski definition) is 6. The standard InChI is InChI=1S/C24H23ClN4O6S/c1-15-19(25)4-3-5-20(15)28(14-23(30)27-13-16-6-8-17(34-2)9-7-16)36(32,33)18-10-11-21-22(12-18)35-24(31)29(21)26/h3-12H,13-14,26H2,1-2H3,(H-,27,30,32,33)/p+1. The van der Waals surface area contributed by atoms with Gasteiger partial charge in [0, 0.05) is 23.7 Å². The van der Waals surface area contributed by atoms with Crippen LogP contribution >= 0.6 is 11.6 Å². The normalized spacial score (nSPS) is 12.8. The Labute approximate surface area is 212 Å². The molecule has 10 nitrogen and oxygen atoms in total. The second kappa shape index (κ2) is 10.1. The highest BCUT2D eigenvalue weighted by Crippen LogP contribution is 2.34. The molecule has 0 saturated carbocycles. The Morgan fingerprint density at radius 3 is 2.64 bits per heavy atom. The van der Waals surface area contributed by atoms with E-state index in [1.54, 1.807) is 56.5 Å². The fraction of sp³-hybridized carbons (Fsp3) is 0.167. The number of aromatic nitrogens is 1. The van der Waals surface area contributed by atoms with Crippen molar-refractivity contribution in [1.82, 2.24) is 9.99 Å². The van der Waals surface area contributed by atoms with Crippen LogP contribution in [0.15, 0.2) is 74.8 Å². The number of ether oxygens (including phenoxy) is 1. The molecule has 0 saturated heterocycles. The lowest BCUT2D eigenvalue weighted by molar-refractivity contribution is -0.119. The number of nitrogens with one attached hydrogen (secondary N) is 1. The predicted octanol–water partition coefficient (Wildman–Crippen LogP) is 3.35. The predicted molar refractivity (Wildman–Crippen MR) is 138 cm³/mol. The number of hydrogen-bond donors (Lipinski definition) is 3. The summed E-state index contributed by atoms with van der Waals surface area (Å²) in [5.41, 5.74) is 1.93. The molecule has 4 N–H and O–H groups in total. The highest BCUT2D eigenvalue weighted by Gasteiger charge is 2.41. The molecule has 12 heteroatoms. The molecule has 4 rings (SSSR count). The van der Waals surface area contributed by atoms with Gasteiger partial charge >= 0.3 is 16.2 Å². The Morgan fingerprint density at radius 2 is 1.94 bits per heavy atom. The number of oxazole rings is 1. The molecule has 0 spiro atoms. The average Bonchev–Trinajstić information content (AvgIpc) is 3.16. The number of halogens is 1. The van der Waals surface area contributed by atoms with Crippen LogP contribution in [0.25, 0.3) is 11.1 Å². The number of methoxy groups -OCH3 is 1. The first-order valence-electron chi connectivity index (χ1n) is 10.7. The largest absolute Gasteiger partial charge is 0.497 e. The van der Waals surface area contributed by atoms with E-state index in [0.717, 1.165) is 14.5 Å². The van der Waals surface area contributed by atoms with E-state index >= 15 is 0 Å². The van der Waals surface area contributed by atoms with Crippen LogP contribution < -0.4 is 26.0 Å². The summed E-state index contributed by atoms with van der Waals surface area (Å²) in [7, 11) is -2.48. The van der Waals surface area contributed by atoms with Crippen LogP contribution in [0, 0.1) is 6.92 Å². The van der Waals surface area contributed by atoms with Gasteiger partial charge in [-0.3, -0.25) is 4.79 Å². The molecule has 36 heavy (non-hydrogen) atoms. The number of carbonyl (C=O) groups is 1. The number of fused-ring (bicyclic) bond motifs is 1. The molecule has 1 heterocycles. The third-order valence-electron chi connectivity index (χ3n) is 5.63. The van der Waals surface area contributed by atoms with Gasteiger partial charge in [0.25, 0.3) is 0 Å². The Hall–Kier alpha value is -3.80. The highest BCUT2D eigenvalue weighted by molar-refractivity contribution is 7.99. The third kappa shape index (κ3) is 4.94. The maximum Gasteiger partial charge on any atom is 0.438 e. The minimum Gasteiger partial charge on any atom is -0.497 e. The van der Waals surface area contributed by atoms with Crippen LogP contribution in [0.2, 0.25) is 5.02 Å². The van der Waals surface area contributed by atoms with E-state index in [0.29, 0.717) is 22.0 Å². The molecule has 0 fully saturated rings. The zero-order chi connectivity index (χ0) is 26.0. The smallest absolute Gasteiger partial charge is 0.438 e. The van der Waals surface area contributed by atoms with Gasteiger partial charge in [0.2, 0.25) is 10.8 Å². The van der Waals surface area contributed by atoms with Crippen molar-refractivity contribution >= 4 is 44.7 Å². The molecule has 0 radical (unpaired) electrons. The Bertz CT molecular complexity index is 1530. The lowest BCUT2D eigenvalue weighted by Gasteiger charge is -2.23.